The molecule has 0 aliphatic carbocycles. The third-order valence-electron chi connectivity index (χ3n) is 4.93. The predicted molar refractivity (Wildman–Crippen MR) is 119 cm³/mol. The van der Waals surface area contributed by atoms with E-state index in [-0.39, 0.29) is 12.5 Å². The Bertz CT molecular complexity index is 1170. The highest BCUT2D eigenvalue weighted by molar-refractivity contribution is 6.31. The summed E-state index contributed by atoms with van der Waals surface area (Å²) in [7, 11) is 0. The summed E-state index contributed by atoms with van der Waals surface area (Å²) < 4.78 is 11.5. The number of ether oxygens (including phenoxy) is 2. The van der Waals surface area contributed by atoms with Crippen LogP contribution in [0.15, 0.2) is 60.7 Å². The summed E-state index contributed by atoms with van der Waals surface area (Å²) in [5.41, 5.74) is 2.83. The van der Waals surface area contributed by atoms with E-state index in [2.05, 4.69) is 6.07 Å². The normalized spacial score (nSPS) is 12.6. The fourth-order valence-electron chi connectivity index (χ4n) is 3.45. The summed E-state index contributed by atoms with van der Waals surface area (Å²) in [6.45, 7) is 1.15. The van der Waals surface area contributed by atoms with Crippen LogP contribution >= 0.6 is 23.2 Å². The first-order chi connectivity index (χ1) is 15.0. The van der Waals surface area contributed by atoms with Gasteiger partial charge in [0.25, 0.3) is 5.91 Å². The molecule has 0 fully saturated rings. The van der Waals surface area contributed by atoms with E-state index in [0.29, 0.717) is 45.9 Å². The number of halogens is 2. The Labute approximate surface area is 190 Å². The Hall–Kier alpha value is -3.20. The van der Waals surface area contributed by atoms with Crippen molar-refractivity contribution in [2.45, 2.75) is 13.0 Å². The van der Waals surface area contributed by atoms with Crippen molar-refractivity contribution in [1.82, 2.24) is 4.90 Å². The second kappa shape index (κ2) is 9.30. The van der Waals surface area contributed by atoms with Gasteiger partial charge in [0, 0.05) is 29.2 Å². The molecule has 0 radical (unpaired) electrons. The summed E-state index contributed by atoms with van der Waals surface area (Å²) in [6.07, 6.45) is 0.835. The van der Waals surface area contributed by atoms with Gasteiger partial charge < -0.3 is 14.4 Å². The molecule has 0 spiro atoms. The highest BCUT2D eigenvalue weighted by Crippen LogP contribution is 2.31. The van der Waals surface area contributed by atoms with Gasteiger partial charge in [0.2, 0.25) is 0 Å². The topological polar surface area (TPSA) is 62.6 Å². The molecule has 7 heteroatoms. The van der Waals surface area contributed by atoms with Gasteiger partial charge in [0.05, 0.1) is 11.6 Å². The van der Waals surface area contributed by atoms with Crippen molar-refractivity contribution in [2.24, 2.45) is 0 Å². The second-order valence-electron chi connectivity index (χ2n) is 7.13. The lowest BCUT2D eigenvalue weighted by atomic mass is 10.00. The predicted octanol–water partition coefficient (Wildman–Crippen LogP) is 5.62. The van der Waals surface area contributed by atoms with E-state index in [9.17, 15) is 4.79 Å². The van der Waals surface area contributed by atoms with Crippen molar-refractivity contribution in [3.05, 3.63) is 87.4 Å². The van der Waals surface area contributed by atoms with Crippen molar-refractivity contribution in [1.29, 1.82) is 5.26 Å². The van der Waals surface area contributed by atoms with Crippen LogP contribution in [0.1, 0.15) is 16.7 Å². The largest absolute Gasteiger partial charge is 0.484 e. The van der Waals surface area contributed by atoms with Crippen molar-refractivity contribution in [2.75, 3.05) is 13.2 Å². The molecular formula is C24H18Cl2N2O3. The lowest BCUT2D eigenvalue weighted by Gasteiger charge is -2.28. The van der Waals surface area contributed by atoms with Gasteiger partial charge in [-0.1, -0.05) is 47.5 Å². The quantitative estimate of drug-likeness (QED) is 0.503. The van der Waals surface area contributed by atoms with E-state index in [1.807, 2.05) is 24.3 Å². The summed E-state index contributed by atoms with van der Waals surface area (Å²) in [5.74, 6) is 1.13. The number of carbonyl (C=O) groups excluding carboxylic acids is 1. The summed E-state index contributed by atoms with van der Waals surface area (Å²) in [6, 6.07) is 19.8. The molecule has 31 heavy (non-hydrogen) atoms. The smallest absolute Gasteiger partial charge is 0.260 e. The molecule has 3 aromatic rings. The molecule has 1 aliphatic heterocycles. The summed E-state index contributed by atoms with van der Waals surface area (Å²) in [4.78, 5) is 14.4. The molecule has 1 aliphatic rings. The molecule has 0 N–H and O–H groups in total. The Morgan fingerprint density at radius 1 is 0.968 bits per heavy atom. The lowest BCUT2D eigenvalue weighted by Crippen LogP contribution is -2.38. The molecule has 1 amide bonds. The number of fused-ring (bicyclic) bond motifs is 1. The first-order valence-corrected chi connectivity index (χ1v) is 10.4. The van der Waals surface area contributed by atoms with Gasteiger partial charge in [-0.15, -0.1) is 0 Å². The molecule has 3 aromatic carbocycles. The zero-order valence-electron chi connectivity index (χ0n) is 16.5. The number of hydrogen-bond acceptors (Lipinski definition) is 4. The van der Waals surface area contributed by atoms with Gasteiger partial charge in [0.1, 0.15) is 17.2 Å². The van der Waals surface area contributed by atoms with Gasteiger partial charge >= 0.3 is 0 Å². The first kappa shape index (κ1) is 21.0. The van der Waals surface area contributed by atoms with E-state index in [1.165, 1.54) is 11.1 Å². The minimum Gasteiger partial charge on any atom is -0.484 e. The second-order valence-corrected chi connectivity index (χ2v) is 8.01. The molecule has 0 aromatic heterocycles. The van der Waals surface area contributed by atoms with Crippen LogP contribution in [-0.4, -0.2) is 24.0 Å². The summed E-state index contributed by atoms with van der Waals surface area (Å²) >= 11 is 12.2. The number of amides is 1. The molecule has 0 atom stereocenters. The average molecular weight is 453 g/mol. The van der Waals surface area contributed by atoms with Crippen LogP contribution in [0.4, 0.5) is 0 Å². The Balaban J connectivity index is 1.42. The summed E-state index contributed by atoms with van der Waals surface area (Å²) in [5, 5.41) is 9.87. The third-order valence-corrected chi connectivity index (χ3v) is 5.36. The Morgan fingerprint density at radius 3 is 2.42 bits per heavy atom. The van der Waals surface area contributed by atoms with E-state index >= 15 is 0 Å². The zero-order valence-corrected chi connectivity index (χ0v) is 18.0. The van der Waals surface area contributed by atoms with Crippen molar-refractivity contribution < 1.29 is 14.3 Å². The molecule has 0 unspecified atom stereocenters. The maximum absolute atomic E-state index is 12.6. The fraction of sp³-hybridized carbons (Fsp3) is 0.167. The number of nitrogens with zero attached hydrogens (tertiary/aromatic N) is 2. The molecule has 0 saturated carbocycles. The van der Waals surface area contributed by atoms with Crippen molar-refractivity contribution in [3.63, 3.8) is 0 Å². The Morgan fingerprint density at radius 2 is 1.65 bits per heavy atom. The van der Waals surface area contributed by atoms with E-state index in [1.54, 1.807) is 41.3 Å². The van der Waals surface area contributed by atoms with Crippen LogP contribution in [0.2, 0.25) is 10.0 Å². The zero-order chi connectivity index (χ0) is 21.8. The molecule has 5 nitrogen and oxygen atoms in total. The minimum absolute atomic E-state index is 0.0922. The van der Waals surface area contributed by atoms with Crippen molar-refractivity contribution in [3.8, 4) is 23.3 Å². The molecule has 4 rings (SSSR count). The number of carbonyl (C=O) groups is 1. The SMILES string of the molecule is N#Cc1cc(Cl)cc(Oc2cc(Cl)cc(OCC(=O)N3CCc4ccccc4C3)c2)c1. The molecule has 0 saturated heterocycles. The highest BCUT2D eigenvalue weighted by atomic mass is 35.5. The van der Waals surface area contributed by atoms with E-state index < -0.39 is 0 Å². The van der Waals surface area contributed by atoms with Gasteiger partial charge in [-0.2, -0.15) is 5.26 Å². The van der Waals surface area contributed by atoms with Gasteiger partial charge in [-0.3, -0.25) is 4.79 Å². The first-order valence-electron chi connectivity index (χ1n) is 9.66. The number of benzene rings is 3. The van der Waals surface area contributed by atoms with Gasteiger partial charge in [0.15, 0.2) is 6.61 Å². The number of hydrogen-bond donors (Lipinski definition) is 0. The van der Waals surface area contributed by atoms with Crippen LogP contribution in [0.25, 0.3) is 0 Å². The number of rotatable bonds is 5. The monoisotopic (exact) mass is 452 g/mol. The standard InChI is InChI=1S/C24H18Cl2N2O3/c25-19-7-16(13-27)8-22(10-19)31-23-11-20(26)9-21(12-23)30-15-24(29)28-6-5-17-3-1-2-4-18(17)14-28/h1-4,7-12H,5-6,14-15H2. The minimum atomic E-state index is -0.0995. The van der Waals surface area contributed by atoms with Gasteiger partial charge in [-0.25, -0.2) is 0 Å². The van der Waals surface area contributed by atoms with Crippen molar-refractivity contribution >= 4 is 29.1 Å². The molecule has 1 heterocycles. The molecule has 0 bridgehead atoms. The van der Waals surface area contributed by atoms with Crippen LogP contribution in [0.3, 0.4) is 0 Å². The highest BCUT2D eigenvalue weighted by Gasteiger charge is 2.20. The average Bonchev–Trinajstić information content (AvgIpc) is 2.76. The van der Waals surface area contributed by atoms with E-state index in [0.717, 1.165) is 6.42 Å². The van der Waals surface area contributed by atoms with Crippen LogP contribution in [0, 0.1) is 11.3 Å². The third kappa shape index (κ3) is 5.29. The van der Waals surface area contributed by atoms with Crippen LogP contribution < -0.4 is 9.47 Å². The molecular weight excluding hydrogens is 435 g/mol. The molecule has 156 valence electrons. The number of nitriles is 1. The van der Waals surface area contributed by atoms with Crippen LogP contribution in [-0.2, 0) is 17.8 Å². The van der Waals surface area contributed by atoms with E-state index in [4.69, 9.17) is 37.9 Å². The maximum atomic E-state index is 12.6. The Kier molecular flexibility index (Phi) is 6.31. The van der Waals surface area contributed by atoms with Crippen LogP contribution in [0.5, 0.6) is 17.2 Å². The van der Waals surface area contributed by atoms with Gasteiger partial charge in [-0.05, 0) is 47.9 Å². The fourth-order valence-corrected chi connectivity index (χ4v) is 3.89. The lowest BCUT2D eigenvalue weighted by molar-refractivity contribution is -0.134. The maximum Gasteiger partial charge on any atom is 0.260 e.